The third kappa shape index (κ3) is 5.69. The number of nitrogens with zero attached hydrogens (tertiary/aromatic N) is 3. The summed E-state index contributed by atoms with van der Waals surface area (Å²) in [4.78, 5) is 7.55. The number of aromatic nitrogens is 2. The lowest BCUT2D eigenvalue weighted by molar-refractivity contribution is 1.10. The van der Waals surface area contributed by atoms with Crippen molar-refractivity contribution in [1.29, 1.82) is 0 Å². The van der Waals surface area contributed by atoms with E-state index in [0.717, 1.165) is 67.4 Å². The van der Waals surface area contributed by atoms with Crippen LogP contribution in [0.2, 0.25) is 0 Å². The standard InChI is InChI=1S/C51H35N3/c1-3-15-39(16-4-1)51-52-49-24-12-23-48(50(49)54(51)44-21-5-2-6-22-44)43-20-11-19-40(33-43)38-25-29-45(30-26-38)53(46-31-27-36-13-7-9-17-41(36)34-46)47-32-28-37-14-8-10-18-42(37)35-47/h1-35H. The van der Waals surface area contributed by atoms with Crippen molar-refractivity contribution in [1.82, 2.24) is 9.55 Å². The van der Waals surface area contributed by atoms with Crippen LogP contribution in [0.25, 0.3) is 71.9 Å². The van der Waals surface area contributed by atoms with E-state index < -0.39 is 0 Å². The number of imidazole rings is 1. The second-order valence-corrected chi connectivity index (χ2v) is 13.7. The quantitative estimate of drug-likeness (QED) is 0.166. The van der Waals surface area contributed by atoms with Gasteiger partial charge in [-0.2, -0.15) is 0 Å². The number of para-hydroxylation sites is 2. The highest BCUT2D eigenvalue weighted by atomic mass is 15.1. The summed E-state index contributed by atoms with van der Waals surface area (Å²) in [5.41, 5.74) is 12.2. The fourth-order valence-corrected chi connectivity index (χ4v) is 7.72. The van der Waals surface area contributed by atoms with Crippen LogP contribution in [0.5, 0.6) is 0 Å². The van der Waals surface area contributed by atoms with Crippen molar-refractivity contribution in [2.45, 2.75) is 0 Å². The van der Waals surface area contributed by atoms with E-state index in [0.29, 0.717) is 0 Å². The average Bonchev–Trinajstić information content (AvgIpc) is 3.65. The molecule has 9 aromatic carbocycles. The Hall–Kier alpha value is -7.23. The molecule has 0 aliphatic rings. The highest BCUT2D eigenvalue weighted by molar-refractivity contribution is 5.97. The van der Waals surface area contributed by atoms with Crippen LogP contribution in [-0.2, 0) is 0 Å². The van der Waals surface area contributed by atoms with Gasteiger partial charge in [-0.05, 0) is 98.9 Å². The van der Waals surface area contributed by atoms with Crippen LogP contribution in [0.1, 0.15) is 0 Å². The van der Waals surface area contributed by atoms with Gasteiger partial charge >= 0.3 is 0 Å². The molecular formula is C51H35N3. The second-order valence-electron chi connectivity index (χ2n) is 13.7. The van der Waals surface area contributed by atoms with E-state index in [4.69, 9.17) is 4.98 Å². The van der Waals surface area contributed by atoms with Crippen LogP contribution in [0.3, 0.4) is 0 Å². The summed E-state index contributed by atoms with van der Waals surface area (Å²) in [5.74, 6) is 0.929. The van der Waals surface area contributed by atoms with Crippen LogP contribution >= 0.6 is 0 Å². The number of hydrogen-bond acceptors (Lipinski definition) is 2. The molecule has 0 aliphatic heterocycles. The molecule has 254 valence electrons. The van der Waals surface area contributed by atoms with Gasteiger partial charge in [0.05, 0.1) is 11.0 Å². The maximum absolute atomic E-state index is 5.19. The largest absolute Gasteiger partial charge is 0.310 e. The molecule has 1 heterocycles. The molecule has 10 rings (SSSR count). The van der Waals surface area contributed by atoms with E-state index in [-0.39, 0.29) is 0 Å². The highest BCUT2D eigenvalue weighted by Crippen LogP contribution is 2.40. The minimum atomic E-state index is 0.929. The molecular weight excluding hydrogens is 655 g/mol. The van der Waals surface area contributed by atoms with E-state index in [2.05, 4.69) is 216 Å². The first-order valence-corrected chi connectivity index (χ1v) is 18.4. The van der Waals surface area contributed by atoms with Gasteiger partial charge in [-0.3, -0.25) is 4.57 Å². The molecule has 3 nitrogen and oxygen atoms in total. The molecule has 0 atom stereocenters. The Kier molecular flexibility index (Phi) is 7.81. The summed E-state index contributed by atoms with van der Waals surface area (Å²) in [6.07, 6.45) is 0. The Morgan fingerprint density at radius 1 is 0.352 bits per heavy atom. The SMILES string of the molecule is c1ccc(-c2nc3cccc(-c4cccc(-c5ccc(N(c6ccc7ccccc7c6)c6ccc7ccccc7c6)cc5)c4)c3n2-c2ccccc2)cc1. The molecule has 0 amide bonds. The van der Waals surface area contributed by atoms with Gasteiger partial charge in [-0.15, -0.1) is 0 Å². The number of rotatable bonds is 7. The Bertz CT molecular complexity index is 2850. The van der Waals surface area contributed by atoms with Gasteiger partial charge in [0.1, 0.15) is 5.82 Å². The Balaban J connectivity index is 1.07. The zero-order chi connectivity index (χ0) is 35.8. The maximum atomic E-state index is 5.19. The lowest BCUT2D eigenvalue weighted by atomic mass is 9.97. The monoisotopic (exact) mass is 689 g/mol. The lowest BCUT2D eigenvalue weighted by Crippen LogP contribution is -2.09. The van der Waals surface area contributed by atoms with Crippen LogP contribution < -0.4 is 4.90 Å². The van der Waals surface area contributed by atoms with Crippen LogP contribution in [0.4, 0.5) is 17.1 Å². The Labute approximate surface area is 314 Å². The second kappa shape index (κ2) is 13.4. The normalized spacial score (nSPS) is 11.3. The van der Waals surface area contributed by atoms with Gasteiger partial charge in [-0.25, -0.2) is 4.98 Å². The van der Waals surface area contributed by atoms with Crippen molar-refractivity contribution in [2.75, 3.05) is 4.90 Å². The minimum absolute atomic E-state index is 0.929. The molecule has 0 fully saturated rings. The summed E-state index contributed by atoms with van der Waals surface area (Å²) >= 11 is 0. The number of hydrogen-bond donors (Lipinski definition) is 0. The molecule has 0 radical (unpaired) electrons. The van der Waals surface area contributed by atoms with Crippen molar-refractivity contribution in [2.24, 2.45) is 0 Å². The van der Waals surface area contributed by atoms with E-state index in [1.54, 1.807) is 0 Å². The van der Waals surface area contributed by atoms with Crippen LogP contribution in [0, 0.1) is 0 Å². The lowest BCUT2D eigenvalue weighted by Gasteiger charge is -2.26. The molecule has 0 saturated heterocycles. The summed E-state index contributed by atoms with van der Waals surface area (Å²) in [6, 6.07) is 75.8. The minimum Gasteiger partial charge on any atom is -0.310 e. The van der Waals surface area contributed by atoms with Crippen LogP contribution in [0.15, 0.2) is 212 Å². The molecule has 0 bridgehead atoms. The van der Waals surface area contributed by atoms with Crippen molar-refractivity contribution in [3.63, 3.8) is 0 Å². The first kappa shape index (κ1) is 31.5. The fourth-order valence-electron chi connectivity index (χ4n) is 7.72. The number of fused-ring (bicyclic) bond motifs is 3. The Morgan fingerprint density at radius 2 is 0.889 bits per heavy atom. The molecule has 0 unspecified atom stereocenters. The van der Waals surface area contributed by atoms with Gasteiger partial charge in [0.25, 0.3) is 0 Å². The van der Waals surface area contributed by atoms with Gasteiger partial charge in [0.2, 0.25) is 0 Å². The maximum Gasteiger partial charge on any atom is 0.145 e. The van der Waals surface area contributed by atoms with E-state index in [1.807, 2.05) is 6.07 Å². The zero-order valence-corrected chi connectivity index (χ0v) is 29.5. The topological polar surface area (TPSA) is 21.1 Å². The van der Waals surface area contributed by atoms with Crippen molar-refractivity contribution in [3.8, 4) is 39.3 Å². The average molecular weight is 690 g/mol. The zero-order valence-electron chi connectivity index (χ0n) is 29.5. The van der Waals surface area contributed by atoms with Gasteiger partial charge in [-0.1, -0.05) is 152 Å². The van der Waals surface area contributed by atoms with E-state index in [9.17, 15) is 0 Å². The summed E-state index contributed by atoms with van der Waals surface area (Å²) < 4.78 is 2.30. The van der Waals surface area contributed by atoms with Crippen molar-refractivity contribution < 1.29 is 0 Å². The molecule has 0 saturated carbocycles. The smallest absolute Gasteiger partial charge is 0.145 e. The molecule has 1 aromatic heterocycles. The van der Waals surface area contributed by atoms with Gasteiger partial charge in [0, 0.05) is 33.9 Å². The third-order valence-corrected chi connectivity index (χ3v) is 10.3. The van der Waals surface area contributed by atoms with Gasteiger partial charge in [0.15, 0.2) is 0 Å². The first-order chi connectivity index (χ1) is 26.8. The van der Waals surface area contributed by atoms with Crippen molar-refractivity contribution >= 4 is 49.6 Å². The predicted octanol–water partition coefficient (Wildman–Crippen LogP) is 13.8. The van der Waals surface area contributed by atoms with E-state index >= 15 is 0 Å². The number of benzene rings is 9. The first-order valence-electron chi connectivity index (χ1n) is 18.4. The summed E-state index contributed by atoms with van der Waals surface area (Å²) in [6.45, 7) is 0. The highest BCUT2D eigenvalue weighted by Gasteiger charge is 2.19. The third-order valence-electron chi connectivity index (χ3n) is 10.3. The summed E-state index contributed by atoms with van der Waals surface area (Å²) in [7, 11) is 0. The Morgan fingerprint density at radius 3 is 1.56 bits per heavy atom. The molecule has 3 heteroatoms. The molecule has 0 spiro atoms. The molecule has 0 aliphatic carbocycles. The molecule has 54 heavy (non-hydrogen) atoms. The van der Waals surface area contributed by atoms with Gasteiger partial charge < -0.3 is 4.90 Å². The van der Waals surface area contributed by atoms with E-state index in [1.165, 1.54) is 21.5 Å². The predicted molar refractivity (Wildman–Crippen MR) is 227 cm³/mol. The van der Waals surface area contributed by atoms with Crippen molar-refractivity contribution in [3.05, 3.63) is 212 Å². The fraction of sp³-hybridized carbons (Fsp3) is 0. The molecule has 10 aromatic rings. The number of anilines is 3. The van der Waals surface area contributed by atoms with Crippen LogP contribution in [-0.4, -0.2) is 9.55 Å². The summed E-state index contributed by atoms with van der Waals surface area (Å²) in [5, 5.41) is 4.89. The molecule has 0 N–H and O–H groups in total.